The van der Waals surface area contributed by atoms with Crippen LogP contribution in [0.1, 0.15) is 33.6 Å². The van der Waals surface area contributed by atoms with E-state index in [9.17, 15) is 4.79 Å². The van der Waals surface area contributed by atoms with E-state index in [4.69, 9.17) is 16.3 Å². The first-order valence-corrected chi connectivity index (χ1v) is 6.15. The van der Waals surface area contributed by atoms with Crippen LogP contribution in [0.5, 0.6) is 5.75 Å². The van der Waals surface area contributed by atoms with Crippen LogP contribution in [0.15, 0.2) is 24.3 Å². The number of rotatable bonds is 5. The first-order chi connectivity index (χ1) is 7.87. The number of hydrogen-bond donors (Lipinski definition) is 0. The predicted molar refractivity (Wildman–Crippen MR) is 70.6 cm³/mol. The van der Waals surface area contributed by atoms with Crippen molar-refractivity contribution in [2.45, 2.75) is 33.6 Å². The fraction of sp³-hybridized carbons (Fsp3) is 0.500. The van der Waals surface area contributed by atoms with Crippen molar-refractivity contribution >= 4 is 17.4 Å². The second-order valence-electron chi connectivity index (χ2n) is 5.34. The summed E-state index contributed by atoms with van der Waals surface area (Å²) in [5.41, 5.74) is 0.190. The molecule has 17 heavy (non-hydrogen) atoms. The van der Waals surface area contributed by atoms with Gasteiger partial charge in [0.25, 0.3) is 0 Å². The molecule has 0 N–H and O–H groups in total. The molecule has 3 heteroatoms. The van der Waals surface area contributed by atoms with Gasteiger partial charge in [-0.25, -0.2) is 0 Å². The molecule has 0 atom stereocenters. The number of benzene rings is 1. The zero-order valence-electron chi connectivity index (χ0n) is 10.6. The molecule has 0 heterocycles. The molecule has 0 saturated carbocycles. The van der Waals surface area contributed by atoms with Crippen molar-refractivity contribution in [3.63, 3.8) is 0 Å². The van der Waals surface area contributed by atoms with Crippen molar-refractivity contribution in [3.8, 4) is 5.75 Å². The van der Waals surface area contributed by atoms with Gasteiger partial charge in [0.1, 0.15) is 12.4 Å². The summed E-state index contributed by atoms with van der Waals surface area (Å²) in [5, 5.41) is 0.663. The van der Waals surface area contributed by atoms with Crippen LogP contribution in [0.25, 0.3) is 0 Å². The van der Waals surface area contributed by atoms with Crippen LogP contribution < -0.4 is 4.74 Å². The molecular weight excluding hydrogens is 236 g/mol. The molecule has 0 amide bonds. The molecule has 0 aliphatic carbocycles. The van der Waals surface area contributed by atoms with Gasteiger partial charge in [-0.2, -0.15) is 0 Å². The topological polar surface area (TPSA) is 26.3 Å². The van der Waals surface area contributed by atoms with Gasteiger partial charge in [-0.05, 0) is 36.1 Å². The number of hydrogen-bond acceptors (Lipinski definition) is 2. The van der Waals surface area contributed by atoms with Gasteiger partial charge in [-0.1, -0.05) is 32.4 Å². The number of halogens is 1. The minimum Gasteiger partial charge on any atom is -0.486 e. The van der Waals surface area contributed by atoms with Crippen LogP contribution in [-0.4, -0.2) is 12.4 Å². The van der Waals surface area contributed by atoms with Crippen molar-refractivity contribution < 1.29 is 9.53 Å². The maximum atomic E-state index is 11.6. The molecular formula is C14H19ClO2. The summed E-state index contributed by atoms with van der Waals surface area (Å²) in [6.45, 7) is 6.51. The van der Waals surface area contributed by atoms with Crippen LogP contribution in [-0.2, 0) is 4.79 Å². The Labute approximate surface area is 108 Å². The maximum absolute atomic E-state index is 11.6. The summed E-state index contributed by atoms with van der Waals surface area (Å²) in [5.74, 6) is 0.813. The van der Waals surface area contributed by atoms with Gasteiger partial charge >= 0.3 is 0 Å². The first kappa shape index (κ1) is 14.0. The summed E-state index contributed by atoms with van der Waals surface area (Å²) in [4.78, 5) is 11.6. The number of ether oxygens (including phenoxy) is 1. The molecule has 0 spiro atoms. The Kier molecular flexibility index (Phi) is 5.01. The van der Waals surface area contributed by atoms with Gasteiger partial charge in [0.15, 0.2) is 5.78 Å². The second-order valence-corrected chi connectivity index (χ2v) is 5.78. The monoisotopic (exact) mass is 254 g/mol. The molecule has 1 aromatic rings. The lowest BCUT2D eigenvalue weighted by atomic mass is 9.90. The van der Waals surface area contributed by atoms with Crippen molar-refractivity contribution in [1.82, 2.24) is 0 Å². The molecule has 0 aromatic heterocycles. The maximum Gasteiger partial charge on any atom is 0.170 e. The molecule has 2 nitrogen and oxygen atoms in total. The quantitative estimate of drug-likeness (QED) is 0.790. The van der Waals surface area contributed by atoms with Crippen molar-refractivity contribution in [1.29, 1.82) is 0 Å². The molecule has 1 rings (SSSR count). The minimum atomic E-state index is 0.134. The number of Topliss-reactive ketones (excluding diaryl/α,β-unsaturated/α-hetero) is 1. The Bertz CT molecular complexity index is 363. The van der Waals surface area contributed by atoms with Crippen molar-refractivity contribution in [3.05, 3.63) is 29.3 Å². The van der Waals surface area contributed by atoms with Crippen LogP contribution >= 0.6 is 11.6 Å². The number of ketones is 1. The third-order valence-corrected chi connectivity index (χ3v) is 2.62. The van der Waals surface area contributed by atoms with E-state index in [1.54, 1.807) is 24.3 Å². The highest BCUT2D eigenvalue weighted by molar-refractivity contribution is 6.30. The lowest BCUT2D eigenvalue weighted by Crippen LogP contribution is -2.14. The van der Waals surface area contributed by atoms with Crippen LogP contribution in [0.3, 0.4) is 0 Å². The standard InChI is InChI=1S/C14H19ClO2/c1-14(2,3)9-8-12(16)10-17-13-6-4-11(15)5-7-13/h4-7H,8-10H2,1-3H3. The Morgan fingerprint density at radius 3 is 2.35 bits per heavy atom. The molecule has 0 saturated heterocycles. The van der Waals surface area contributed by atoms with Crippen LogP contribution in [0.4, 0.5) is 0 Å². The largest absolute Gasteiger partial charge is 0.486 e. The van der Waals surface area contributed by atoms with Crippen molar-refractivity contribution in [2.75, 3.05) is 6.61 Å². The van der Waals surface area contributed by atoms with E-state index in [-0.39, 0.29) is 17.8 Å². The first-order valence-electron chi connectivity index (χ1n) is 5.77. The van der Waals surface area contributed by atoms with E-state index in [2.05, 4.69) is 20.8 Å². The third-order valence-electron chi connectivity index (χ3n) is 2.37. The van der Waals surface area contributed by atoms with E-state index in [0.717, 1.165) is 6.42 Å². The zero-order chi connectivity index (χ0) is 12.9. The smallest absolute Gasteiger partial charge is 0.170 e. The fourth-order valence-electron chi connectivity index (χ4n) is 1.28. The molecule has 0 unspecified atom stereocenters. The molecule has 0 bridgehead atoms. The van der Waals surface area contributed by atoms with E-state index < -0.39 is 0 Å². The summed E-state index contributed by atoms with van der Waals surface area (Å²) in [6.07, 6.45) is 1.45. The number of carbonyl (C=O) groups excluding carboxylic acids is 1. The third kappa shape index (κ3) is 6.32. The lowest BCUT2D eigenvalue weighted by molar-refractivity contribution is -0.121. The summed E-state index contributed by atoms with van der Waals surface area (Å²) in [6, 6.07) is 7.02. The SMILES string of the molecule is CC(C)(C)CCC(=O)COc1ccc(Cl)cc1. The highest BCUT2D eigenvalue weighted by atomic mass is 35.5. The highest BCUT2D eigenvalue weighted by Gasteiger charge is 2.13. The predicted octanol–water partition coefficient (Wildman–Crippen LogP) is 4.11. The fourth-order valence-corrected chi connectivity index (χ4v) is 1.41. The zero-order valence-corrected chi connectivity index (χ0v) is 11.4. The average molecular weight is 255 g/mol. The molecule has 0 aliphatic heterocycles. The molecule has 0 fully saturated rings. The number of carbonyl (C=O) groups is 1. The van der Waals surface area contributed by atoms with Crippen molar-refractivity contribution in [2.24, 2.45) is 5.41 Å². The summed E-state index contributed by atoms with van der Waals surface area (Å²) < 4.78 is 5.38. The van der Waals surface area contributed by atoms with Crippen LogP contribution in [0.2, 0.25) is 5.02 Å². The van der Waals surface area contributed by atoms with Gasteiger partial charge in [0.05, 0.1) is 0 Å². The molecule has 1 aromatic carbocycles. The molecule has 94 valence electrons. The van der Waals surface area contributed by atoms with Gasteiger partial charge in [0, 0.05) is 11.4 Å². The second kappa shape index (κ2) is 6.06. The summed E-state index contributed by atoms with van der Waals surface area (Å²) >= 11 is 5.75. The van der Waals surface area contributed by atoms with Gasteiger partial charge in [0.2, 0.25) is 0 Å². The van der Waals surface area contributed by atoms with E-state index in [1.165, 1.54) is 0 Å². The van der Waals surface area contributed by atoms with Gasteiger partial charge < -0.3 is 4.74 Å². The van der Waals surface area contributed by atoms with E-state index in [1.807, 2.05) is 0 Å². The molecule has 0 radical (unpaired) electrons. The van der Waals surface area contributed by atoms with E-state index in [0.29, 0.717) is 17.2 Å². The lowest BCUT2D eigenvalue weighted by Gasteiger charge is -2.17. The Morgan fingerprint density at radius 2 is 1.82 bits per heavy atom. The Balaban J connectivity index is 2.31. The highest BCUT2D eigenvalue weighted by Crippen LogP contribution is 2.21. The Hall–Kier alpha value is -1.02. The van der Waals surface area contributed by atoms with Gasteiger partial charge in [-0.3, -0.25) is 4.79 Å². The average Bonchev–Trinajstić information content (AvgIpc) is 2.25. The minimum absolute atomic E-state index is 0.134. The normalized spacial score (nSPS) is 11.3. The Morgan fingerprint density at radius 1 is 1.24 bits per heavy atom. The molecule has 0 aliphatic rings. The van der Waals surface area contributed by atoms with Gasteiger partial charge in [-0.15, -0.1) is 0 Å². The van der Waals surface area contributed by atoms with Crippen LogP contribution in [0, 0.1) is 5.41 Å². The summed E-state index contributed by atoms with van der Waals surface area (Å²) in [7, 11) is 0. The van der Waals surface area contributed by atoms with E-state index >= 15 is 0 Å².